The predicted octanol–water partition coefficient (Wildman–Crippen LogP) is 3.37. The van der Waals surface area contributed by atoms with Gasteiger partial charge in [-0.25, -0.2) is 0 Å². The fraction of sp³-hybridized carbons (Fsp3) is 0.833. The molecule has 0 amide bonds. The SMILES string of the molecule is C=CCCC(C)CCNC(C)(C)C. The molecule has 0 aliphatic rings. The number of hydrogen-bond donors (Lipinski definition) is 1. The Kier molecular flexibility index (Phi) is 6.06. The largest absolute Gasteiger partial charge is 0.312 e. The summed E-state index contributed by atoms with van der Waals surface area (Å²) in [6.07, 6.45) is 5.70. The molecule has 0 spiro atoms. The van der Waals surface area contributed by atoms with E-state index < -0.39 is 0 Å². The maximum atomic E-state index is 3.74. The Morgan fingerprint density at radius 2 is 1.92 bits per heavy atom. The molecule has 0 aliphatic carbocycles. The van der Waals surface area contributed by atoms with E-state index in [-0.39, 0.29) is 5.54 Å². The first-order chi connectivity index (χ1) is 5.95. The quantitative estimate of drug-likeness (QED) is 0.623. The van der Waals surface area contributed by atoms with Gasteiger partial charge in [-0.15, -0.1) is 6.58 Å². The van der Waals surface area contributed by atoms with Crippen LogP contribution in [0.15, 0.2) is 12.7 Å². The molecule has 0 radical (unpaired) electrons. The van der Waals surface area contributed by atoms with Crippen LogP contribution >= 0.6 is 0 Å². The lowest BCUT2D eigenvalue weighted by Gasteiger charge is -2.21. The molecule has 0 bridgehead atoms. The van der Waals surface area contributed by atoms with E-state index in [1.165, 1.54) is 12.8 Å². The summed E-state index contributed by atoms with van der Waals surface area (Å²) in [6, 6.07) is 0. The Balaban J connectivity index is 3.36. The van der Waals surface area contributed by atoms with Gasteiger partial charge in [-0.1, -0.05) is 13.0 Å². The van der Waals surface area contributed by atoms with Crippen LogP contribution in [0.2, 0.25) is 0 Å². The van der Waals surface area contributed by atoms with Crippen LogP contribution in [0.1, 0.15) is 47.0 Å². The minimum absolute atomic E-state index is 0.262. The van der Waals surface area contributed by atoms with E-state index in [4.69, 9.17) is 0 Å². The van der Waals surface area contributed by atoms with Crippen molar-refractivity contribution in [3.8, 4) is 0 Å². The molecular weight excluding hydrogens is 158 g/mol. The molecule has 0 saturated carbocycles. The van der Waals surface area contributed by atoms with Crippen LogP contribution in [0.5, 0.6) is 0 Å². The zero-order chi connectivity index (χ0) is 10.3. The maximum Gasteiger partial charge on any atom is 0.00965 e. The second-order valence-corrected chi connectivity index (χ2v) is 4.94. The molecule has 0 aromatic rings. The topological polar surface area (TPSA) is 12.0 Å². The van der Waals surface area contributed by atoms with Crippen molar-refractivity contribution < 1.29 is 0 Å². The second-order valence-electron chi connectivity index (χ2n) is 4.94. The molecule has 0 aromatic carbocycles. The van der Waals surface area contributed by atoms with Gasteiger partial charge in [-0.3, -0.25) is 0 Å². The van der Waals surface area contributed by atoms with Crippen molar-refractivity contribution in [2.45, 2.75) is 52.5 Å². The third kappa shape index (κ3) is 9.62. The highest BCUT2D eigenvalue weighted by Gasteiger charge is 2.08. The van der Waals surface area contributed by atoms with E-state index in [2.05, 4.69) is 39.6 Å². The summed E-state index contributed by atoms with van der Waals surface area (Å²) in [6.45, 7) is 13.8. The number of hydrogen-bond acceptors (Lipinski definition) is 1. The molecule has 0 rings (SSSR count). The van der Waals surface area contributed by atoms with Gasteiger partial charge in [0.15, 0.2) is 0 Å². The van der Waals surface area contributed by atoms with E-state index in [1.807, 2.05) is 6.08 Å². The van der Waals surface area contributed by atoms with Crippen LogP contribution < -0.4 is 5.32 Å². The Morgan fingerprint density at radius 1 is 1.31 bits per heavy atom. The summed E-state index contributed by atoms with van der Waals surface area (Å²) in [5.41, 5.74) is 0.262. The molecule has 0 aliphatic heterocycles. The molecule has 1 N–H and O–H groups in total. The molecule has 1 atom stereocenters. The average molecular weight is 183 g/mol. The highest BCUT2D eigenvalue weighted by Crippen LogP contribution is 2.10. The lowest BCUT2D eigenvalue weighted by Crippen LogP contribution is -2.36. The Labute approximate surface area is 83.6 Å². The van der Waals surface area contributed by atoms with Gasteiger partial charge < -0.3 is 5.32 Å². The summed E-state index contributed by atoms with van der Waals surface area (Å²) in [4.78, 5) is 0. The molecule has 78 valence electrons. The second kappa shape index (κ2) is 6.20. The molecule has 1 nitrogen and oxygen atoms in total. The highest BCUT2D eigenvalue weighted by atomic mass is 14.9. The van der Waals surface area contributed by atoms with Crippen LogP contribution in [0.4, 0.5) is 0 Å². The number of allylic oxidation sites excluding steroid dienone is 1. The fourth-order valence-electron chi connectivity index (χ4n) is 1.24. The van der Waals surface area contributed by atoms with Crippen molar-refractivity contribution in [2.24, 2.45) is 5.92 Å². The van der Waals surface area contributed by atoms with Gasteiger partial charge in [0.2, 0.25) is 0 Å². The van der Waals surface area contributed by atoms with E-state index in [9.17, 15) is 0 Å². The standard InChI is InChI=1S/C12H25N/c1-6-7-8-11(2)9-10-13-12(3,4)5/h6,11,13H,1,7-10H2,2-5H3. The third-order valence-electron chi connectivity index (χ3n) is 2.16. The first kappa shape index (κ1) is 12.7. The van der Waals surface area contributed by atoms with Crippen molar-refractivity contribution in [1.82, 2.24) is 5.32 Å². The Bertz CT molecular complexity index is 133. The van der Waals surface area contributed by atoms with Gasteiger partial charge >= 0.3 is 0 Å². The minimum Gasteiger partial charge on any atom is -0.312 e. The van der Waals surface area contributed by atoms with E-state index >= 15 is 0 Å². The summed E-state index contributed by atoms with van der Waals surface area (Å²) in [5, 5.41) is 3.50. The van der Waals surface area contributed by atoms with Gasteiger partial charge in [0.1, 0.15) is 0 Å². The third-order valence-corrected chi connectivity index (χ3v) is 2.16. The molecule has 0 aromatic heterocycles. The smallest absolute Gasteiger partial charge is 0.00965 e. The Hall–Kier alpha value is -0.300. The van der Waals surface area contributed by atoms with E-state index in [1.54, 1.807) is 0 Å². The molecule has 13 heavy (non-hydrogen) atoms. The minimum atomic E-state index is 0.262. The molecule has 0 fully saturated rings. The van der Waals surface area contributed by atoms with E-state index in [0.717, 1.165) is 18.9 Å². The van der Waals surface area contributed by atoms with Crippen molar-refractivity contribution in [3.05, 3.63) is 12.7 Å². The van der Waals surface area contributed by atoms with Crippen LogP contribution in [0, 0.1) is 5.92 Å². The van der Waals surface area contributed by atoms with Gasteiger partial charge in [0, 0.05) is 5.54 Å². The van der Waals surface area contributed by atoms with Crippen molar-refractivity contribution in [1.29, 1.82) is 0 Å². The van der Waals surface area contributed by atoms with Crippen LogP contribution in [-0.2, 0) is 0 Å². The molecular formula is C12H25N. The van der Waals surface area contributed by atoms with Gasteiger partial charge in [-0.2, -0.15) is 0 Å². The van der Waals surface area contributed by atoms with E-state index in [0.29, 0.717) is 0 Å². The fourth-order valence-corrected chi connectivity index (χ4v) is 1.24. The molecule has 1 unspecified atom stereocenters. The molecule has 1 heteroatoms. The normalized spacial score (nSPS) is 14.2. The summed E-state index contributed by atoms with van der Waals surface area (Å²) in [7, 11) is 0. The molecule has 0 saturated heterocycles. The lowest BCUT2D eigenvalue weighted by atomic mass is 10.0. The summed E-state index contributed by atoms with van der Waals surface area (Å²) >= 11 is 0. The van der Waals surface area contributed by atoms with Crippen LogP contribution in [0.25, 0.3) is 0 Å². The number of rotatable bonds is 6. The molecule has 0 heterocycles. The number of nitrogens with one attached hydrogen (secondary N) is 1. The summed E-state index contributed by atoms with van der Waals surface area (Å²) in [5.74, 6) is 0.813. The van der Waals surface area contributed by atoms with Gasteiger partial charge in [0.05, 0.1) is 0 Å². The average Bonchev–Trinajstić information content (AvgIpc) is 1.98. The summed E-state index contributed by atoms with van der Waals surface area (Å²) < 4.78 is 0. The first-order valence-electron chi connectivity index (χ1n) is 5.31. The van der Waals surface area contributed by atoms with Gasteiger partial charge in [-0.05, 0) is 52.5 Å². The van der Waals surface area contributed by atoms with Crippen molar-refractivity contribution in [2.75, 3.05) is 6.54 Å². The van der Waals surface area contributed by atoms with Crippen molar-refractivity contribution >= 4 is 0 Å². The monoisotopic (exact) mass is 183 g/mol. The van der Waals surface area contributed by atoms with Crippen LogP contribution in [0.3, 0.4) is 0 Å². The first-order valence-corrected chi connectivity index (χ1v) is 5.31. The lowest BCUT2D eigenvalue weighted by molar-refractivity contribution is 0.387. The Morgan fingerprint density at radius 3 is 2.38 bits per heavy atom. The zero-order valence-electron chi connectivity index (χ0n) is 9.69. The zero-order valence-corrected chi connectivity index (χ0v) is 9.69. The van der Waals surface area contributed by atoms with Crippen LogP contribution in [-0.4, -0.2) is 12.1 Å². The maximum absolute atomic E-state index is 3.74. The van der Waals surface area contributed by atoms with Crippen molar-refractivity contribution in [3.63, 3.8) is 0 Å². The highest BCUT2D eigenvalue weighted by molar-refractivity contribution is 4.72. The predicted molar refractivity (Wildman–Crippen MR) is 61.0 cm³/mol. The van der Waals surface area contributed by atoms with Gasteiger partial charge in [0.25, 0.3) is 0 Å².